The van der Waals surface area contributed by atoms with Gasteiger partial charge in [-0.1, -0.05) is 26.2 Å². The van der Waals surface area contributed by atoms with Crippen molar-refractivity contribution >= 4 is 0 Å². The van der Waals surface area contributed by atoms with Crippen molar-refractivity contribution in [2.45, 2.75) is 63.5 Å². The van der Waals surface area contributed by atoms with Gasteiger partial charge in [0.25, 0.3) is 0 Å². The van der Waals surface area contributed by atoms with Gasteiger partial charge in [0.15, 0.2) is 0 Å². The summed E-state index contributed by atoms with van der Waals surface area (Å²) in [6.07, 6.45) is 14.4. The molecule has 4 nitrogen and oxygen atoms in total. The molecule has 21 heavy (non-hydrogen) atoms. The molecule has 2 atom stereocenters. The van der Waals surface area contributed by atoms with Crippen molar-refractivity contribution in [3.63, 3.8) is 0 Å². The number of hydrogen-bond acceptors (Lipinski definition) is 4. The maximum absolute atomic E-state index is 6.24. The van der Waals surface area contributed by atoms with Crippen LogP contribution in [-0.2, 0) is 4.74 Å². The molecular weight excluding hydrogens is 262 g/mol. The Bertz CT molecular complexity index is 425. The predicted molar refractivity (Wildman–Crippen MR) is 82.9 cm³/mol. The van der Waals surface area contributed by atoms with E-state index in [0.717, 1.165) is 19.6 Å². The predicted octanol–water partition coefficient (Wildman–Crippen LogP) is 3.26. The molecule has 116 valence electrons. The van der Waals surface area contributed by atoms with Crippen molar-refractivity contribution in [3.05, 3.63) is 24.3 Å². The van der Waals surface area contributed by atoms with Crippen LogP contribution >= 0.6 is 0 Å². The van der Waals surface area contributed by atoms with Gasteiger partial charge in [-0.2, -0.15) is 0 Å². The maximum atomic E-state index is 6.24. The van der Waals surface area contributed by atoms with Crippen LogP contribution < -0.4 is 5.32 Å². The van der Waals surface area contributed by atoms with Crippen LogP contribution in [0.3, 0.4) is 0 Å². The topological polar surface area (TPSA) is 47.0 Å². The van der Waals surface area contributed by atoms with Gasteiger partial charge >= 0.3 is 0 Å². The SMILES string of the molecule is CCNC(c1cncnc1)C1CCOC2(CCCCC2)C1. The first-order chi connectivity index (χ1) is 10.3. The highest BCUT2D eigenvalue weighted by Crippen LogP contribution is 2.44. The largest absolute Gasteiger partial charge is 0.375 e. The van der Waals surface area contributed by atoms with E-state index in [2.05, 4.69) is 22.2 Å². The van der Waals surface area contributed by atoms with E-state index >= 15 is 0 Å². The third kappa shape index (κ3) is 3.43. The Balaban J connectivity index is 1.76. The number of nitrogens with one attached hydrogen (secondary N) is 1. The fourth-order valence-electron chi connectivity index (χ4n) is 4.14. The fraction of sp³-hybridized carbons (Fsp3) is 0.765. The number of hydrogen-bond donors (Lipinski definition) is 1. The minimum absolute atomic E-state index is 0.157. The normalized spacial score (nSPS) is 26.6. The second-order valence-electron chi connectivity index (χ2n) is 6.55. The molecule has 3 rings (SSSR count). The smallest absolute Gasteiger partial charge is 0.115 e. The summed E-state index contributed by atoms with van der Waals surface area (Å²) >= 11 is 0. The Morgan fingerprint density at radius 1 is 1.29 bits per heavy atom. The Labute approximate surface area is 127 Å². The van der Waals surface area contributed by atoms with Gasteiger partial charge in [0.1, 0.15) is 6.33 Å². The Morgan fingerprint density at radius 2 is 2.05 bits per heavy atom. The molecule has 2 heterocycles. The lowest BCUT2D eigenvalue weighted by Crippen LogP contribution is -2.44. The average Bonchev–Trinajstić information content (AvgIpc) is 2.54. The summed E-state index contributed by atoms with van der Waals surface area (Å²) < 4.78 is 6.24. The number of nitrogens with zero attached hydrogens (tertiary/aromatic N) is 2. The summed E-state index contributed by atoms with van der Waals surface area (Å²) in [4.78, 5) is 8.41. The molecular formula is C17H27N3O. The highest BCUT2D eigenvalue weighted by Gasteiger charge is 2.41. The third-order valence-electron chi connectivity index (χ3n) is 5.13. The van der Waals surface area contributed by atoms with E-state index in [-0.39, 0.29) is 5.60 Å². The highest BCUT2D eigenvalue weighted by atomic mass is 16.5. The van der Waals surface area contributed by atoms with Crippen LogP contribution in [0.4, 0.5) is 0 Å². The van der Waals surface area contributed by atoms with E-state index in [1.807, 2.05) is 12.4 Å². The van der Waals surface area contributed by atoms with Gasteiger partial charge < -0.3 is 10.1 Å². The first kappa shape index (κ1) is 14.9. The molecule has 2 fully saturated rings. The molecule has 1 saturated heterocycles. The molecule has 2 aliphatic rings. The molecule has 0 radical (unpaired) electrons. The van der Waals surface area contributed by atoms with Crippen molar-refractivity contribution in [2.75, 3.05) is 13.2 Å². The van der Waals surface area contributed by atoms with Crippen LogP contribution in [0.25, 0.3) is 0 Å². The van der Waals surface area contributed by atoms with Crippen LogP contribution in [-0.4, -0.2) is 28.7 Å². The van der Waals surface area contributed by atoms with E-state index < -0.39 is 0 Å². The van der Waals surface area contributed by atoms with Crippen molar-refractivity contribution in [3.8, 4) is 0 Å². The van der Waals surface area contributed by atoms with Gasteiger partial charge in [-0.25, -0.2) is 9.97 Å². The van der Waals surface area contributed by atoms with Crippen LogP contribution in [0.2, 0.25) is 0 Å². The maximum Gasteiger partial charge on any atom is 0.115 e. The lowest BCUT2D eigenvalue weighted by atomic mass is 9.73. The van der Waals surface area contributed by atoms with E-state index in [1.54, 1.807) is 6.33 Å². The van der Waals surface area contributed by atoms with Gasteiger partial charge in [0.05, 0.1) is 5.60 Å². The van der Waals surface area contributed by atoms with E-state index in [9.17, 15) is 0 Å². The number of rotatable bonds is 4. The number of ether oxygens (including phenoxy) is 1. The molecule has 2 unspecified atom stereocenters. The molecule has 4 heteroatoms. The van der Waals surface area contributed by atoms with Gasteiger partial charge in [0.2, 0.25) is 0 Å². The van der Waals surface area contributed by atoms with Crippen molar-refractivity contribution in [1.82, 2.24) is 15.3 Å². The zero-order valence-electron chi connectivity index (χ0n) is 13.1. The van der Waals surface area contributed by atoms with Gasteiger partial charge in [-0.05, 0) is 38.1 Å². The second-order valence-corrected chi connectivity index (χ2v) is 6.55. The van der Waals surface area contributed by atoms with Gasteiger partial charge in [0, 0.05) is 30.6 Å². The van der Waals surface area contributed by atoms with E-state index in [1.165, 1.54) is 44.1 Å². The van der Waals surface area contributed by atoms with Crippen molar-refractivity contribution in [2.24, 2.45) is 5.92 Å². The monoisotopic (exact) mass is 289 g/mol. The third-order valence-corrected chi connectivity index (χ3v) is 5.13. The first-order valence-electron chi connectivity index (χ1n) is 8.45. The molecule has 0 bridgehead atoms. The van der Waals surface area contributed by atoms with Gasteiger partial charge in [-0.3, -0.25) is 0 Å². The standard InChI is InChI=1S/C17H27N3O/c1-2-20-16(15-11-18-13-19-12-15)14-6-9-21-17(10-14)7-4-3-5-8-17/h11-14,16,20H,2-10H2,1H3. The average molecular weight is 289 g/mol. The summed E-state index contributed by atoms with van der Waals surface area (Å²) in [5.74, 6) is 0.628. The minimum Gasteiger partial charge on any atom is -0.375 e. The highest BCUT2D eigenvalue weighted by molar-refractivity contribution is 5.12. The summed E-state index contributed by atoms with van der Waals surface area (Å²) in [6, 6.07) is 0.360. The molecule has 0 amide bonds. The Kier molecular flexibility index (Phi) is 4.86. The summed E-state index contributed by atoms with van der Waals surface area (Å²) in [6.45, 7) is 4.05. The molecule has 1 aliphatic heterocycles. The zero-order valence-corrected chi connectivity index (χ0v) is 13.1. The van der Waals surface area contributed by atoms with Crippen molar-refractivity contribution < 1.29 is 4.74 Å². The number of aromatic nitrogens is 2. The van der Waals surface area contributed by atoms with Crippen LogP contribution in [0.1, 0.15) is 63.5 Å². The Morgan fingerprint density at radius 3 is 2.76 bits per heavy atom. The van der Waals surface area contributed by atoms with E-state index in [0.29, 0.717) is 12.0 Å². The zero-order chi connectivity index (χ0) is 14.5. The van der Waals surface area contributed by atoms with Crippen LogP contribution in [0.5, 0.6) is 0 Å². The van der Waals surface area contributed by atoms with Crippen LogP contribution in [0, 0.1) is 5.92 Å². The van der Waals surface area contributed by atoms with E-state index in [4.69, 9.17) is 4.74 Å². The Hall–Kier alpha value is -1.00. The van der Waals surface area contributed by atoms with Crippen LogP contribution in [0.15, 0.2) is 18.7 Å². The fourth-order valence-corrected chi connectivity index (χ4v) is 4.14. The molecule has 1 N–H and O–H groups in total. The summed E-state index contributed by atoms with van der Waals surface area (Å²) in [5, 5.41) is 3.66. The second kappa shape index (κ2) is 6.84. The molecule has 1 spiro atoms. The molecule has 1 saturated carbocycles. The molecule has 1 aromatic heterocycles. The lowest BCUT2D eigenvalue weighted by Gasteiger charge is -2.45. The van der Waals surface area contributed by atoms with Gasteiger partial charge in [-0.15, -0.1) is 0 Å². The molecule has 1 aliphatic carbocycles. The van der Waals surface area contributed by atoms with Crippen molar-refractivity contribution in [1.29, 1.82) is 0 Å². The molecule has 1 aromatic rings. The minimum atomic E-state index is 0.157. The molecule has 0 aromatic carbocycles. The summed E-state index contributed by atoms with van der Waals surface area (Å²) in [5.41, 5.74) is 1.38. The lowest BCUT2D eigenvalue weighted by molar-refractivity contribution is -0.122. The quantitative estimate of drug-likeness (QED) is 0.924. The first-order valence-corrected chi connectivity index (χ1v) is 8.45. The summed E-state index contributed by atoms with van der Waals surface area (Å²) in [7, 11) is 0.